The zero-order chi connectivity index (χ0) is 25.9. The number of hydrogen-bond acceptors (Lipinski definition) is 6. The van der Waals surface area contributed by atoms with Crippen molar-refractivity contribution in [3.63, 3.8) is 0 Å². The van der Waals surface area contributed by atoms with E-state index in [0.29, 0.717) is 6.61 Å². The lowest BCUT2D eigenvalue weighted by Gasteiger charge is -2.34. The van der Waals surface area contributed by atoms with Gasteiger partial charge in [-0.15, -0.1) is 0 Å². The molecule has 1 heterocycles. The molecule has 1 amide bonds. The zero-order valence-corrected chi connectivity index (χ0v) is 20.1. The van der Waals surface area contributed by atoms with Crippen molar-refractivity contribution in [1.29, 1.82) is 0 Å². The molecule has 0 bridgehead atoms. The van der Waals surface area contributed by atoms with Gasteiger partial charge in [-0.2, -0.15) is 0 Å². The number of ether oxygens (including phenoxy) is 2. The second kappa shape index (κ2) is 13.1. The van der Waals surface area contributed by atoms with E-state index in [9.17, 15) is 4.79 Å². The lowest BCUT2D eigenvalue weighted by Crippen LogP contribution is -2.49. The predicted molar refractivity (Wildman–Crippen MR) is 134 cm³/mol. The van der Waals surface area contributed by atoms with Crippen molar-refractivity contribution in [1.82, 2.24) is 9.80 Å². The summed E-state index contributed by atoms with van der Waals surface area (Å²) in [6.07, 6.45) is 0. The molecule has 0 atom stereocenters. The summed E-state index contributed by atoms with van der Waals surface area (Å²) >= 11 is 0. The van der Waals surface area contributed by atoms with E-state index in [2.05, 4.69) is 23.1 Å². The summed E-state index contributed by atoms with van der Waals surface area (Å²) in [7, 11) is 0. The minimum atomic E-state index is -1.82. The highest BCUT2D eigenvalue weighted by atomic mass is 16.5. The van der Waals surface area contributed by atoms with E-state index in [0.717, 1.165) is 49.6 Å². The third-order valence-corrected chi connectivity index (χ3v) is 5.63. The molecule has 190 valence electrons. The van der Waals surface area contributed by atoms with Crippen LogP contribution in [0.3, 0.4) is 0 Å². The van der Waals surface area contributed by atoms with Crippen LogP contribution in [-0.4, -0.2) is 77.3 Å². The fourth-order valence-corrected chi connectivity index (χ4v) is 3.76. The summed E-state index contributed by atoms with van der Waals surface area (Å²) in [6.45, 7) is 6.85. The van der Waals surface area contributed by atoms with Crippen molar-refractivity contribution in [2.45, 2.75) is 13.5 Å². The smallest absolute Gasteiger partial charge is 0.414 e. The van der Waals surface area contributed by atoms with Crippen LogP contribution in [0.25, 0.3) is 10.8 Å². The molecule has 0 radical (unpaired) electrons. The van der Waals surface area contributed by atoms with Crippen LogP contribution in [0.4, 0.5) is 0 Å². The maximum absolute atomic E-state index is 12.6. The molecule has 1 aliphatic rings. The fourth-order valence-electron chi connectivity index (χ4n) is 3.76. The third-order valence-electron chi connectivity index (χ3n) is 5.63. The topological polar surface area (TPSA) is 117 Å². The standard InChI is InChI=1S/C25H28N2O3.C2H2O4/c1-2-29-23-10-7-20(8-11-23)18-26-13-15-27(16-14-26)25(28)19-30-24-12-9-21-5-3-4-6-22(21)17-24;3-1(4)2(5)6/h3-12,17H,2,13-16,18-19H2,1H3;(H,3,4)(H,5,6). The summed E-state index contributed by atoms with van der Waals surface area (Å²) in [5.74, 6) is -1.96. The van der Waals surface area contributed by atoms with Crippen LogP contribution in [0.1, 0.15) is 12.5 Å². The first-order chi connectivity index (χ1) is 17.4. The van der Waals surface area contributed by atoms with Crippen LogP contribution >= 0.6 is 0 Å². The van der Waals surface area contributed by atoms with Crippen molar-refractivity contribution in [3.8, 4) is 11.5 Å². The van der Waals surface area contributed by atoms with Crippen molar-refractivity contribution >= 4 is 28.6 Å². The van der Waals surface area contributed by atoms with Crippen molar-refractivity contribution < 1.29 is 34.1 Å². The van der Waals surface area contributed by atoms with Crippen molar-refractivity contribution in [3.05, 3.63) is 72.3 Å². The molecule has 0 spiro atoms. The number of nitrogens with zero attached hydrogens (tertiary/aromatic N) is 2. The highest BCUT2D eigenvalue weighted by Gasteiger charge is 2.21. The van der Waals surface area contributed by atoms with E-state index in [1.807, 2.05) is 60.4 Å². The van der Waals surface area contributed by atoms with Crippen LogP contribution in [0.5, 0.6) is 11.5 Å². The van der Waals surface area contributed by atoms with Gasteiger partial charge in [-0.25, -0.2) is 9.59 Å². The molecule has 4 rings (SSSR count). The second-order valence-electron chi connectivity index (χ2n) is 8.14. The van der Waals surface area contributed by atoms with E-state index in [-0.39, 0.29) is 12.5 Å². The molecule has 3 aromatic carbocycles. The average Bonchev–Trinajstić information content (AvgIpc) is 2.89. The molecule has 0 aromatic heterocycles. The number of amides is 1. The van der Waals surface area contributed by atoms with E-state index < -0.39 is 11.9 Å². The normalized spacial score (nSPS) is 13.4. The summed E-state index contributed by atoms with van der Waals surface area (Å²) < 4.78 is 11.3. The maximum atomic E-state index is 12.6. The van der Waals surface area contributed by atoms with Gasteiger partial charge in [-0.05, 0) is 47.5 Å². The molecule has 0 saturated carbocycles. The number of aliphatic carboxylic acids is 2. The highest BCUT2D eigenvalue weighted by Crippen LogP contribution is 2.21. The Morgan fingerprint density at radius 1 is 0.778 bits per heavy atom. The van der Waals surface area contributed by atoms with Crippen LogP contribution in [0, 0.1) is 0 Å². The van der Waals surface area contributed by atoms with Gasteiger partial charge in [0.05, 0.1) is 6.61 Å². The SMILES string of the molecule is CCOc1ccc(CN2CCN(C(=O)COc3ccc4ccccc4c3)CC2)cc1.O=C(O)C(=O)O. The molecule has 0 unspecified atom stereocenters. The first-order valence-corrected chi connectivity index (χ1v) is 11.7. The Labute approximate surface area is 209 Å². The van der Waals surface area contributed by atoms with E-state index in [1.54, 1.807) is 0 Å². The van der Waals surface area contributed by atoms with Crippen LogP contribution in [-0.2, 0) is 20.9 Å². The molecule has 0 aliphatic carbocycles. The Morgan fingerprint density at radius 3 is 2.00 bits per heavy atom. The number of rotatable bonds is 7. The molecular weight excluding hydrogens is 464 g/mol. The Kier molecular flexibility index (Phi) is 9.64. The molecule has 1 saturated heterocycles. The average molecular weight is 495 g/mol. The van der Waals surface area contributed by atoms with Gasteiger partial charge in [-0.3, -0.25) is 9.69 Å². The molecule has 1 aliphatic heterocycles. The minimum Gasteiger partial charge on any atom is -0.494 e. The first kappa shape index (κ1) is 26.5. The molecule has 2 N–H and O–H groups in total. The Hall–Kier alpha value is -4.11. The van der Waals surface area contributed by atoms with Gasteiger partial charge < -0.3 is 24.6 Å². The fraction of sp³-hybridized carbons (Fsp3) is 0.296. The van der Waals surface area contributed by atoms with Gasteiger partial charge >= 0.3 is 11.9 Å². The van der Waals surface area contributed by atoms with Gasteiger partial charge in [0.1, 0.15) is 11.5 Å². The van der Waals surface area contributed by atoms with Crippen molar-refractivity contribution in [2.24, 2.45) is 0 Å². The third kappa shape index (κ3) is 7.99. The van der Waals surface area contributed by atoms with Crippen LogP contribution < -0.4 is 9.47 Å². The molecule has 3 aromatic rings. The molecular formula is C27H30N2O7. The lowest BCUT2D eigenvalue weighted by molar-refractivity contribution is -0.159. The van der Waals surface area contributed by atoms with Gasteiger partial charge in [0, 0.05) is 32.7 Å². The summed E-state index contributed by atoms with van der Waals surface area (Å²) in [4.78, 5) is 35.0. The first-order valence-electron chi connectivity index (χ1n) is 11.7. The number of fused-ring (bicyclic) bond motifs is 1. The summed E-state index contributed by atoms with van der Waals surface area (Å²) in [5, 5.41) is 17.1. The second-order valence-corrected chi connectivity index (χ2v) is 8.14. The van der Waals surface area contributed by atoms with Gasteiger partial charge in [0.15, 0.2) is 6.61 Å². The van der Waals surface area contributed by atoms with Crippen LogP contribution in [0.15, 0.2) is 66.7 Å². The van der Waals surface area contributed by atoms with E-state index in [4.69, 9.17) is 29.3 Å². The van der Waals surface area contributed by atoms with Gasteiger partial charge in [0.25, 0.3) is 5.91 Å². The molecule has 9 heteroatoms. The number of carbonyl (C=O) groups excluding carboxylic acids is 1. The van der Waals surface area contributed by atoms with E-state index >= 15 is 0 Å². The van der Waals surface area contributed by atoms with Crippen molar-refractivity contribution in [2.75, 3.05) is 39.4 Å². The Morgan fingerprint density at radius 2 is 1.39 bits per heavy atom. The minimum absolute atomic E-state index is 0.0453. The molecule has 9 nitrogen and oxygen atoms in total. The monoisotopic (exact) mass is 494 g/mol. The molecule has 36 heavy (non-hydrogen) atoms. The van der Waals surface area contributed by atoms with E-state index in [1.165, 1.54) is 10.9 Å². The zero-order valence-electron chi connectivity index (χ0n) is 20.1. The number of piperazine rings is 1. The number of benzene rings is 3. The van der Waals surface area contributed by atoms with Gasteiger partial charge in [0.2, 0.25) is 0 Å². The maximum Gasteiger partial charge on any atom is 0.414 e. The number of carbonyl (C=O) groups is 3. The highest BCUT2D eigenvalue weighted by molar-refractivity contribution is 6.27. The van der Waals surface area contributed by atoms with Crippen LogP contribution in [0.2, 0.25) is 0 Å². The predicted octanol–water partition coefficient (Wildman–Crippen LogP) is 3.12. The number of carboxylic acids is 2. The molecule has 1 fully saturated rings. The quantitative estimate of drug-likeness (QED) is 0.482. The number of carboxylic acid groups (broad SMARTS) is 2. The number of hydrogen-bond donors (Lipinski definition) is 2. The van der Waals surface area contributed by atoms with Gasteiger partial charge in [-0.1, -0.05) is 42.5 Å². The Balaban J connectivity index is 0.000000538. The largest absolute Gasteiger partial charge is 0.494 e. The lowest BCUT2D eigenvalue weighted by atomic mass is 10.1. The summed E-state index contributed by atoms with van der Waals surface area (Å²) in [6, 6.07) is 22.3. The Bertz CT molecular complexity index is 1160. The summed E-state index contributed by atoms with van der Waals surface area (Å²) in [5.41, 5.74) is 1.26.